The molecule has 0 aliphatic carbocycles. The Morgan fingerprint density at radius 1 is 0.600 bits per heavy atom. The van der Waals surface area contributed by atoms with E-state index in [1.807, 2.05) is 6.20 Å². The number of dihydropyridines is 2. The van der Waals surface area contributed by atoms with Crippen LogP contribution in [0.25, 0.3) is 65.7 Å². The smallest absolute Gasteiger partial charge is 0.0699 e. The number of benzene rings is 6. The molecule has 45 heavy (non-hydrogen) atoms. The van der Waals surface area contributed by atoms with Crippen molar-refractivity contribution in [3.8, 4) is 16.8 Å². The molecule has 9 rings (SSSR count). The zero-order chi connectivity index (χ0) is 29.7. The van der Waals surface area contributed by atoms with Gasteiger partial charge in [0, 0.05) is 28.4 Å². The van der Waals surface area contributed by atoms with Gasteiger partial charge in [0.1, 0.15) is 0 Å². The first-order chi connectivity index (χ1) is 22.3. The molecule has 3 nitrogen and oxygen atoms in total. The lowest BCUT2D eigenvalue weighted by molar-refractivity contribution is 0.786. The Kier molecular flexibility index (Phi) is 5.95. The number of nitrogens with one attached hydrogen (secondary N) is 2. The van der Waals surface area contributed by atoms with Gasteiger partial charge in [-0.3, -0.25) is 0 Å². The molecule has 0 fully saturated rings. The van der Waals surface area contributed by atoms with Crippen LogP contribution in [0.15, 0.2) is 164 Å². The Morgan fingerprint density at radius 2 is 1.42 bits per heavy atom. The van der Waals surface area contributed by atoms with Crippen LogP contribution in [0.5, 0.6) is 0 Å². The first-order valence-electron chi connectivity index (χ1n) is 15.6. The summed E-state index contributed by atoms with van der Waals surface area (Å²) in [6.45, 7) is 0.859. The van der Waals surface area contributed by atoms with Crippen LogP contribution in [-0.4, -0.2) is 17.2 Å². The highest BCUT2D eigenvalue weighted by atomic mass is 15.0. The first kappa shape index (κ1) is 25.7. The van der Waals surface area contributed by atoms with E-state index < -0.39 is 0 Å². The third kappa shape index (κ3) is 4.28. The number of hydrogen-bond acceptors (Lipinski definition) is 2. The molecule has 1 aromatic heterocycles. The molecule has 0 saturated carbocycles. The fourth-order valence-electron chi connectivity index (χ4n) is 7.11. The lowest BCUT2D eigenvalue weighted by atomic mass is 9.95. The van der Waals surface area contributed by atoms with E-state index in [1.54, 1.807) is 0 Å². The topological polar surface area (TPSA) is 29.0 Å². The SMILES string of the molecule is C1=CC(C2C=C(c3ccc4c5ccc6cc(-c7cccc8ccccc78)ccc6c5n(-c5ccccc5)c4c3)C=CN2)=CCN1. The highest BCUT2D eigenvalue weighted by Gasteiger charge is 2.19. The van der Waals surface area contributed by atoms with E-state index in [4.69, 9.17) is 0 Å². The van der Waals surface area contributed by atoms with Crippen molar-refractivity contribution in [2.24, 2.45) is 0 Å². The summed E-state index contributed by atoms with van der Waals surface area (Å²) < 4.78 is 2.45. The van der Waals surface area contributed by atoms with E-state index in [0.29, 0.717) is 0 Å². The minimum atomic E-state index is 0.152. The van der Waals surface area contributed by atoms with Crippen LogP contribution in [0.4, 0.5) is 0 Å². The van der Waals surface area contributed by atoms with Gasteiger partial charge < -0.3 is 15.2 Å². The van der Waals surface area contributed by atoms with E-state index in [0.717, 1.165) is 12.2 Å². The van der Waals surface area contributed by atoms with Crippen molar-refractivity contribution in [3.05, 3.63) is 169 Å². The van der Waals surface area contributed by atoms with Crippen LogP contribution in [0.2, 0.25) is 0 Å². The van der Waals surface area contributed by atoms with Gasteiger partial charge >= 0.3 is 0 Å². The van der Waals surface area contributed by atoms with Gasteiger partial charge in [-0.2, -0.15) is 0 Å². The van der Waals surface area contributed by atoms with Crippen molar-refractivity contribution in [2.75, 3.05) is 6.54 Å². The van der Waals surface area contributed by atoms with Crippen molar-refractivity contribution in [1.29, 1.82) is 0 Å². The average Bonchev–Trinajstić information content (AvgIpc) is 3.46. The summed E-state index contributed by atoms with van der Waals surface area (Å²) in [5, 5.41) is 14.3. The maximum atomic E-state index is 3.52. The fraction of sp³-hybridized carbons (Fsp3) is 0.0476. The molecular weight excluding hydrogens is 546 g/mol. The largest absolute Gasteiger partial charge is 0.387 e. The molecule has 0 radical (unpaired) electrons. The summed E-state index contributed by atoms with van der Waals surface area (Å²) in [5.74, 6) is 0. The summed E-state index contributed by atoms with van der Waals surface area (Å²) in [6.07, 6.45) is 13.0. The lowest BCUT2D eigenvalue weighted by Gasteiger charge is -2.22. The molecule has 2 N–H and O–H groups in total. The molecule has 0 saturated heterocycles. The summed E-state index contributed by atoms with van der Waals surface area (Å²) >= 11 is 0. The molecule has 2 aliphatic heterocycles. The van der Waals surface area contributed by atoms with E-state index >= 15 is 0 Å². The van der Waals surface area contributed by atoms with Crippen LogP contribution < -0.4 is 10.6 Å². The van der Waals surface area contributed by atoms with E-state index in [9.17, 15) is 0 Å². The number of fused-ring (bicyclic) bond motifs is 6. The van der Waals surface area contributed by atoms with Gasteiger partial charge in [-0.05, 0) is 98.9 Å². The number of para-hydroxylation sites is 1. The number of aromatic nitrogens is 1. The first-order valence-corrected chi connectivity index (χ1v) is 15.6. The molecule has 1 atom stereocenters. The Bertz CT molecular complexity index is 2400. The predicted molar refractivity (Wildman–Crippen MR) is 190 cm³/mol. The van der Waals surface area contributed by atoms with E-state index in [2.05, 4.69) is 167 Å². The number of nitrogens with zero attached hydrogens (tertiary/aromatic N) is 1. The average molecular weight is 578 g/mol. The number of rotatable bonds is 4. The molecule has 7 aromatic rings. The standard InChI is InChI=1S/C42H31N3/c1-2-9-34(10-3-1)45-41-27-30(31-21-24-44-40(26-31)29-19-22-43-23-20-29)13-17-38(41)39-18-15-33-25-32(14-16-37(33)42(39)45)36-12-6-8-28-7-4-5-11-35(28)36/h1-22,24-27,40,43-44H,23H2. The van der Waals surface area contributed by atoms with Crippen molar-refractivity contribution in [3.63, 3.8) is 0 Å². The predicted octanol–water partition coefficient (Wildman–Crippen LogP) is 9.67. The number of hydrogen-bond donors (Lipinski definition) is 2. The van der Waals surface area contributed by atoms with Crippen molar-refractivity contribution in [2.45, 2.75) is 6.04 Å². The number of allylic oxidation sites excluding steroid dienone is 2. The van der Waals surface area contributed by atoms with Gasteiger partial charge in [0.25, 0.3) is 0 Å². The zero-order valence-electron chi connectivity index (χ0n) is 24.7. The molecule has 3 heterocycles. The molecule has 0 amide bonds. The quantitative estimate of drug-likeness (QED) is 0.218. The molecule has 1 unspecified atom stereocenters. The second kappa shape index (κ2) is 10.4. The Hall–Kier alpha value is -5.80. The summed E-state index contributed by atoms with van der Waals surface area (Å²) in [5.41, 5.74) is 9.84. The minimum absolute atomic E-state index is 0.152. The molecule has 6 aromatic carbocycles. The van der Waals surface area contributed by atoms with Crippen LogP contribution in [0.1, 0.15) is 5.56 Å². The molecular formula is C42H31N3. The third-order valence-electron chi connectivity index (χ3n) is 9.29. The molecule has 2 aliphatic rings. The minimum Gasteiger partial charge on any atom is -0.387 e. The fourth-order valence-corrected chi connectivity index (χ4v) is 7.11. The van der Waals surface area contributed by atoms with Gasteiger partial charge in [-0.15, -0.1) is 0 Å². The molecule has 0 spiro atoms. The van der Waals surface area contributed by atoms with Gasteiger partial charge in [0.2, 0.25) is 0 Å². The maximum Gasteiger partial charge on any atom is 0.0699 e. The Labute approximate surface area is 262 Å². The maximum absolute atomic E-state index is 3.52. The van der Waals surface area contributed by atoms with Crippen LogP contribution in [0.3, 0.4) is 0 Å². The second-order valence-electron chi connectivity index (χ2n) is 11.9. The van der Waals surface area contributed by atoms with E-state index in [-0.39, 0.29) is 6.04 Å². The van der Waals surface area contributed by atoms with Crippen LogP contribution >= 0.6 is 0 Å². The van der Waals surface area contributed by atoms with E-state index in [1.165, 1.54) is 71.2 Å². The van der Waals surface area contributed by atoms with Gasteiger partial charge in [-0.25, -0.2) is 0 Å². The monoisotopic (exact) mass is 577 g/mol. The van der Waals surface area contributed by atoms with Crippen molar-refractivity contribution < 1.29 is 0 Å². The summed E-state index contributed by atoms with van der Waals surface area (Å²) in [6, 6.07) is 44.6. The zero-order valence-corrected chi connectivity index (χ0v) is 24.7. The van der Waals surface area contributed by atoms with Crippen molar-refractivity contribution in [1.82, 2.24) is 15.2 Å². The second-order valence-corrected chi connectivity index (χ2v) is 11.9. The van der Waals surface area contributed by atoms with Crippen molar-refractivity contribution >= 4 is 48.9 Å². The van der Waals surface area contributed by atoms with Gasteiger partial charge in [0.05, 0.1) is 17.1 Å². The van der Waals surface area contributed by atoms with Gasteiger partial charge in [0.15, 0.2) is 0 Å². The van der Waals surface area contributed by atoms with Crippen LogP contribution in [0, 0.1) is 0 Å². The highest BCUT2D eigenvalue weighted by molar-refractivity contribution is 6.19. The van der Waals surface area contributed by atoms with Crippen LogP contribution in [-0.2, 0) is 0 Å². The summed E-state index contributed by atoms with van der Waals surface area (Å²) in [7, 11) is 0. The Morgan fingerprint density at radius 3 is 2.33 bits per heavy atom. The molecule has 3 heteroatoms. The molecule has 0 bridgehead atoms. The summed E-state index contributed by atoms with van der Waals surface area (Å²) in [4.78, 5) is 0. The normalized spacial score (nSPS) is 16.1. The third-order valence-corrected chi connectivity index (χ3v) is 9.29. The lowest BCUT2D eigenvalue weighted by Crippen LogP contribution is -2.28. The Balaban J connectivity index is 1.25. The van der Waals surface area contributed by atoms with Gasteiger partial charge in [-0.1, -0.05) is 103 Å². The molecule has 214 valence electrons. The highest BCUT2D eigenvalue weighted by Crippen LogP contribution is 2.40.